The Morgan fingerprint density at radius 3 is 2.68 bits per heavy atom. The molecule has 1 aliphatic carbocycles. The second-order valence-electron chi connectivity index (χ2n) is 10.3. The Morgan fingerprint density at radius 1 is 1.13 bits per heavy atom. The van der Waals surface area contributed by atoms with Crippen LogP contribution in [0.3, 0.4) is 0 Å². The van der Waals surface area contributed by atoms with Gasteiger partial charge in [-0.3, -0.25) is 4.79 Å². The van der Waals surface area contributed by atoms with Crippen molar-refractivity contribution in [2.75, 3.05) is 7.11 Å². The Kier molecular flexibility index (Phi) is 5.90. The zero-order valence-electron chi connectivity index (χ0n) is 21.4. The summed E-state index contributed by atoms with van der Waals surface area (Å²) in [5.41, 5.74) is 3.59. The maximum absolute atomic E-state index is 13.5. The fourth-order valence-electron chi connectivity index (χ4n) is 5.11. The molecule has 1 atom stereocenters. The van der Waals surface area contributed by atoms with Crippen LogP contribution >= 0.6 is 0 Å². The van der Waals surface area contributed by atoms with Crippen molar-refractivity contribution in [3.8, 4) is 11.6 Å². The predicted molar refractivity (Wildman–Crippen MR) is 140 cm³/mol. The van der Waals surface area contributed by atoms with Gasteiger partial charge in [-0.15, -0.1) is 5.10 Å². The Bertz CT molecular complexity index is 1570. The Hall–Kier alpha value is -4.53. The number of nitrogens with zero attached hydrogens (tertiary/aromatic N) is 5. The maximum atomic E-state index is 13.5. The number of fused-ring (bicyclic) bond motifs is 3. The Labute approximate surface area is 219 Å². The van der Waals surface area contributed by atoms with Gasteiger partial charge in [0.1, 0.15) is 17.8 Å². The van der Waals surface area contributed by atoms with Crippen LogP contribution in [0, 0.1) is 5.41 Å². The Morgan fingerprint density at radius 2 is 1.92 bits per heavy atom. The van der Waals surface area contributed by atoms with E-state index in [1.807, 2.05) is 54.6 Å². The molecule has 38 heavy (non-hydrogen) atoms. The van der Waals surface area contributed by atoms with E-state index >= 15 is 0 Å². The van der Waals surface area contributed by atoms with E-state index in [0.29, 0.717) is 47.1 Å². The third kappa shape index (κ3) is 4.40. The summed E-state index contributed by atoms with van der Waals surface area (Å²) in [7, 11) is 1.63. The van der Waals surface area contributed by atoms with E-state index in [-0.39, 0.29) is 17.8 Å². The molecule has 2 aromatic heterocycles. The summed E-state index contributed by atoms with van der Waals surface area (Å²) in [6, 6.07) is 17.4. The first kappa shape index (κ1) is 23.8. The summed E-state index contributed by atoms with van der Waals surface area (Å²) in [6.45, 7) is 4.24. The molecule has 0 N–H and O–H groups in total. The van der Waals surface area contributed by atoms with Crippen molar-refractivity contribution in [2.24, 2.45) is 10.6 Å². The number of carbonyl (C=O) groups is 1. The molecule has 0 saturated heterocycles. The minimum absolute atomic E-state index is 0.0723. The number of methoxy groups -OCH3 is 1. The monoisotopic (exact) mass is 509 g/mol. The van der Waals surface area contributed by atoms with Crippen LogP contribution < -0.4 is 9.47 Å². The lowest BCUT2D eigenvalue weighted by Crippen LogP contribution is -2.33. The van der Waals surface area contributed by atoms with Crippen molar-refractivity contribution in [1.29, 1.82) is 0 Å². The SMILES string of the molecule is COc1ccc([C@H]2C3=C(CC(C)(C)CC3=O)Oc3ncn4nc(CO/N=C\c5ccccc5)nc4c32)cc1. The fraction of sp³-hybridized carbons (Fsp3) is 0.276. The molecular formula is C29H27N5O4. The van der Waals surface area contributed by atoms with E-state index in [4.69, 9.17) is 19.3 Å². The molecule has 0 amide bonds. The molecular weight excluding hydrogens is 482 g/mol. The molecule has 0 spiro atoms. The van der Waals surface area contributed by atoms with E-state index in [2.05, 4.69) is 29.1 Å². The standard InChI is InChI=1S/C29H27N5O4/c1-29(2)13-21(35)25-22(14-29)38-28-26(24(25)19-9-11-20(36-3)12-10-19)27-32-23(33-34(27)17-30-28)16-37-31-15-18-7-5-4-6-8-18/h4-12,15,17,24H,13-14,16H2,1-3H3/b31-15-/t24-/m0/s1. The summed E-state index contributed by atoms with van der Waals surface area (Å²) in [5.74, 6) is 1.96. The van der Waals surface area contributed by atoms with Crippen LogP contribution in [-0.4, -0.2) is 38.7 Å². The third-order valence-electron chi connectivity index (χ3n) is 6.83. The van der Waals surface area contributed by atoms with Crippen LogP contribution in [0.25, 0.3) is 5.65 Å². The predicted octanol–water partition coefficient (Wildman–Crippen LogP) is 4.85. The molecule has 2 aliphatic rings. The fourth-order valence-corrected chi connectivity index (χ4v) is 5.11. The summed E-state index contributed by atoms with van der Waals surface area (Å²) >= 11 is 0. The van der Waals surface area contributed by atoms with E-state index in [9.17, 15) is 4.79 Å². The molecule has 0 unspecified atom stereocenters. The number of hydrogen-bond acceptors (Lipinski definition) is 8. The van der Waals surface area contributed by atoms with Gasteiger partial charge in [0, 0.05) is 24.3 Å². The molecule has 4 aromatic rings. The van der Waals surface area contributed by atoms with Gasteiger partial charge in [-0.2, -0.15) is 0 Å². The van der Waals surface area contributed by atoms with Gasteiger partial charge < -0.3 is 14.3 Å². The van der Waals surface area contributed by atoms with Crippen LogP contribution in [0.15, 0.2) is 77.4 Å². The molecule has 2 aromatic carbocycles. The van der Waals surface area contributed by atoms with Gasteiger partial charge in [0.2, 0.25) is 5.88 Å². The number of ketones is 1. The second-order valence-corrected chi connectivity index (χ2v) is 10.3. The van der Waals surface area contributed by atoms with Crippen LogP contribution in [0.2, 0.25) is 0 Å². The van der Waals surface area contributed by atoms with Gasteiger partial charge in [-0.25, -0.2) is 14.5 Å². The lowest BCUT2D eigenvalue weighted by molar-refractivity contribution is -0.118. The van der Waals surface area contributed by atoms with E-state index < -0.39 is 5.92 Å². The molecule has 0 bridgehead atoms. The number of benzene rings is 2. The van der Waals surface area contributed by atoms with Crippen molar-refractivity contribution in [3.63, 3.8) is 0 Å². The maximum Gasteiger partial charge on any atom is 0.228 e. The smallest absolute Gasteiger partial charge is 0.228 e. The normalized spacial score (nSPS) is 18.3. The van der Waals surface area contributed by atoms with Crippen LogP contribution in [0.4, 0.5) is 0 Å². The number of oxime groups is 1. The minimum atomic E-state index is -0.395. The number of ether oxygens (including phenoxy) is 2. The average Bonchev–Trinajstić information content (AvgIpc) is 3.33. The zero-order valence-corrected chi connectivity index (χ0v) is 21.4. The lowest BCUT2D eigenvalue weighted by Gasteiger charge is -2.37. The van der Waals surface area contributed by atoms with Crippen LogP contribution in [0.5, 0.6) is 11.6 Å². The Balaban J connectivity index is 1.40. The van der Waals surface area contributed by atoms with Crippen molar-refractivity contribution < 1.29 is 19.1 Å². The van der Waals surface area contributed by atoms with Gasteiger partial charge >= 0.3 is 0 Å². The van der Waals surface area contributed by atoms with Crippen molar-refractivity contribution in [1.82, 2.24) is 19.6 Å². The van der Waals surface area contributed by atoms with E-state index in [1.54, 1.807) is 24.2 Å². The number of aromatic nitrogens is 4. The largest absolute Gasteiger partial charge is 0.497 e. The first-order chi connectivity index (χ1) is 18.4. The summed E-state index contributed by atoms with van der Waals surface area (Å²) < 4.78 is 13.3. The van der Waals surface area contributed by atoms with Crippen LogP contribution in [0.1, 0.15) is 55.1 Å². The van der Waals surface area contributed by atoms with E-state index in [1.165, 1.54) is 0 Å². The molecule has 9 heteroatoms. The minimum Gasteiger partial charge on any atom is -0.497 e. The topological polar surface area (TPSA) is 100 Å². The van der Waals surface area contributed by atoms with Gasteiger partial charge in [0.25, 0.3) is 0 Å². The molecule has 192 valence electrons. The quantitative estimate of drug-likeness (QED) is 0.271. The first-order valence-electron chi connectivity index (χ1n) is 12.4. The van der Waals surface area contributed by atoms with Crippen molar-refractivity contribution in [2.45, 2.75) is 39.2 Å². The van der Waals surface area contributed by atoms with Crippen molar-refractivity contribution in [3.05, 3.63) is 94.8 Å². The third-order valence-corrected chi connectivity index (χ3v) is 6.83. The highest BCUT2D eigenvalue weighted by atomic mass is 16.6. The number of allylic oxidation sites excluding steroid dienone is 2. The number of Topliss-reactive ketones (excluding diaryl/α,β-unsaturated/α-hetero) is 1. The highest BCUT2D eigenvalue weighted by Crippen LogP contribution is 2.50. The van der Waals surface area contributed by atoms with E-state index in [0.717, 1.165) is 16.9 Å². The van der Waals surface area contributed by atoms with Gasteiger partial charge in [0.15, 0.2) is 23.9 Å². The van der Waals surface area contributed by atoms with Crippen molar-refractivity contribution >= 4 is 17.6 Å². The molecule has 3 heterocycles. The number of carbonyl (C=O) groups excluding carboxylic acids is 1. The second kappa shape index (κ2) is 9.41. The average molecular weight is 510 g/mol. The van der Waals surface area contributed by atoms with Gasteiger partial charge in [-0.05, 0) is 28.7 Å². The lowest BCUT2D eigenvalue weighted by atomic mass is 9.70. The molecule has 0 saturated carbocycles. The van der Waals surface area contributed by atoms with Gasteiger partial charge in [0.05, 0.1) is 18.9 Å². The first-order valence-corrected chi connectivity index (χ1v) is 12.4. The molecule has 1 aliphatic heterocycles. The number of rotatable bonds is 6. The summed E-state index contributed by atoms with van der Waals surface area (Å²) in [5, 5.41) is 8.57. The zero-order chi connectivity index (χ0) is 26.3. The molecule has 9 nitrogen and oxygen atoms in total. The summed E-state index contributed by atoms with van der Waals surface area (Å²) in [6.07, 6.45) is 4.30. The summed E-state index contributed by atoms with van der Waals surface area (Å²) in [4.78, 5) is 28.3. The highest BCUT2D eigenvalue weighted by molar-refractivity contribution is 6.00. The number of hydrogen-bond donors (Lipinski definition) is 0. The molecule has 0 fully saturated rings. The molecule has 6 rings (SSSR count). The van der Waals surface area contributed by atoms with Gasteiger partial charge in [-0.1, -0.05) is 61.5 Å². The molecule has 0 radical (unpaired) electrons. The highest BCUT2D eigenvalue weighted by Gasteiger charge is 2.44. The van der Waals surface area contributed by atoms with Crippen LogP contribution in [-0.2, 0) is 16.2 Å².